The van der Waals surface area contributed by atoms with Crippen molar-refractivity contribution >= 4 is 24.5 Å². The molecule has 0 nitrogen and oxygen atoms in total. The van der Waals surface area contributed by atoms with E-state index in [2.05, 4.69) is 85.8 Å². The van der Waals surface area contributed by atoms with Crippen LogP contribution in [0.15, 0.2) is 78.9 Å². The molecule has 3 rings (SSSR count). The number of aryl methyl sites for hydroxylation is 1. The maximum absolute atomic E-state index is 2.30. The molecule has 0 aliphatic carbocycles. The second-order valence-electron chi connectivity index (χ2n) is 4.86. The fourth-order valence-corrected chi connectivity index (χ4v) is 4.36. The van der Waals surface area contributed by atoms with Crippen molar-refractivity contribution < 1.29 is 0 Å². The number of rotatable bonds is 3. The van der Waals surface area contributed by atoms with Crippen molar-refractivity contribution in [3.05, 3.63) is 84.4 Å². The van der Waals surface area contributed by atoms with E-state index in [0.717, 1.165) is 0 Å². The molecule has 97 valence electrons. The quantitative estimate of drug-likeness (QED) is 0.650. The summed E-state index contributed by atoms with van der Waals surface area (Å²) < 4.78 is 2.92. The van der Waals surface area contributed by atoms with E-state index < -0.39 is 0 Å². The molecule has 3 aromatic rings. The van der Waals surface area contributed by atoms with Crippen LogP contribution in [0.25, 0.3) is 11.1 Å². The second-order valence-corrected chi connectivity index (χ2v) is 7.50. The average molecular weight is 319 g/mol. The zero-order valence-corrected chi connectivity index (χ0v) is 13.3. The molecule has 0 aliphatic heterocycles. The van der Waals surface area contributed by atoms with Crippen LogP contribution < -0.4 is 8.70 Å². The summed E-state index contributed by atoms with van der Waals surface area (Å²) in [5.41, 5.74) is 3.92. The van der Waals surface area contributed by atoms with Crippen LogP contribution in [0.3, 0.4) is 0 Å². The summed E-state index contributed by atoms with van der Waals surface area (Å²) in [6, 6.07) is 28.4. The summed E-state index contributed by atoms with van der Waals surface area (Å²) in [4.78, 5) is 0. The molecule has 0 bridgehead atoms. The summed E-state index contributed by atoms with van der Waals surface area (Å²) in [6.07, 6.45) is 0. The molecule has 0 aromatic heterocycles. The summed E-state index contributed by atoms with van der Waals surface area (Å²) in [7, 11) is 0. The molecule has 0 atom stereocenters. The number of hydrogen-bond acceptors (Lipinski definition) is 0. The van der Waals surface area contributed by atoms with Gasteiger partial charge in [-0.2, -0.15) is 0 Å². The summed E-state index contributed by atoms with van der Waals surface area (Å²) in [5, 5.41) is 0. The molecule has 0 heterocycles. The van der Waals surface area contributed by atoms with Gasteiger partial charge in [0.25, 0.3) is 0 Å². The Bertz CT molecular complexity index is 684. The van der Waals surface area contributed by atoms with Crippen molar-refractivity contribution in [3.63, 3.8) is 0 Å². The van der Waals surface area contributed by atoms with Crippen molar-refractivity contribution in [2.45, 2.75) is 6.92 Å². The topological polar surface area (TPSA) is 0 Å². The molecule has 0 spiro atoms. The molecule has 0 saturated carbocycles. The molecule has 0 amide bonds. The molecule has 0 fully saturated rings. The Morgan fingerprint density at radius 1 is 0.600 bits per heavy atom. The van der Waals surface area contributed by atoms with Gasteiger partial charge in [-0.05, 0) is 0 Å². The van der Waals surface area contributed by atoms with Gasteiger partial charge in [-0.15, -0.1) is 0 Å². The third-order valence-corrected chi connectivity index (χ3v) is 5.53. The van der Waals surface area contributed by atoms with Gasteiger partial charge >= 0.3 is 127 Å². The van der Waals surface area contributed by atoms with E-state index in [9.17, 15) is 0 Å². The van der Waals surface area contributed by atoms with Gasteiger partial charge in [0.15, 0.2) is 0 Å². The van der Waals surface area contributed by atoms with Crippen molar-refractivity contribution in [1.29, 1.82) is 0 Å². The Hall–Kier alpha value is -1.78. The minimum absolute atomic E-state index is 0.0868. The van der Waals surface area contributed by atoms with Gasteiger partial charge in [0.05, 0.1) is 0 Å². The first kappa shape index (κ1) is 13.2. The van der Waals surface area contributed by atoms with Crippen LogP contribution in [0.2, 0.25) is 0 Å². The first-order valence-electron chi connectivity index (χ1n) is 6.75. The van der Waals surface area contributed by atoms with Crippen LogP contribution in [-0.2, 0) is 0 Å². The normalized spacial score (nSPS) is 11.1. The van der Waals surface area contributed by atoms with Crippen LogP contribution in [-0.4, -0.2) is 15.8 Å². The predicted molar refractivity (Wildman–Crippen MR) is 88.1 cm³/mol. The van der Waals surface area contributed by atoms with Gasteiger partial charge in [-0.1, -0.05) is 0 Å². The van der Waals surface area contributed by atoms with Gasteiger partial charge in [0, 0.05) is 0 Å². The molecular formula is C19H16As. The second kappa shape index (κ2) is 6.11. The monoisotopic (exact) mass is 319 g/mol. The Morgan fingerprint density at radius 3 is 2.00 bits per heavy atom. The molecule has 1 radical (unpaired) electrons. The Kier molecular flexibility index (Phi) is 4.04. The van der Waals surface area contributed by atoms with Gasteiger partial charge in [-0.3, -0.25) is 0 Å². The fraction of sp³-hybridized carbons (Fsp3) is 0.0526. The van der Waals surface area contributed by atoms with Crippen molar-refractivity contribution in [2.75, 3.05) is 0 Å². The van der Waals surface area contributed by atoms with E-state index in [1.807, 2.05) is 0 Å². The van der Waals surface area contributed by atoms with Crippen molar-refractivity contribution in [3.8, 4) is 11.1 Å². The Balaban J connectivity index is 1.80. The van der Waals surface area contributed by atoms with Crippen LogP contribution in [0.5, 0.6) is 0 Å². The number of hydrogen-bond donors (Lipinski definition) is 0. The third-order valence-electron chi connectivity index (χ3n) is 3.23. The maximum atomic E-state index is 2.30. The molecule has 0 N–H and O–H groups in total. The molecule has 0 unspecified atom stereocenters. The summed E-state index contributed by atoms with van der Waals surface area (Å²) in [5.74, 6) is 0. The van der Waals surface area contributed by atoms with Gasteiger partial charge in [0.1, 0.15) is 0 Å². The minimum atomic E-state index is 0.0868. The third kappa shape index (κ3) is 3.21. The zero-order valence-electron chi connectivity index (χ0n) is 11.5. The van der Waals surface area contributed by atoms with Crippen LogP contribution >= 0.6 is 0 Å². The van der Waals surface area contributed by atoms with Crippen LogP contribution in [0.4, 0.5) is 0 Å². The van der Waals surface area contributed by atoms with E-state index >= 15 is 0 Å². The van der Waals surface area contributed by atoms with E-state index in [4.69, 9.17) is 0 Å². The Morgan fingerprint density at radius 2 is 1.30 bits per heavy atom. The average Bonchev–Trinajstić information content (AvgIpc) is 2.49. The predicted octanol–water partition coefficient (Wildman–Crippen LogP) is 3.32. The van der Waals surface area contributed by atoms with Gasteiger partial charge in [-0.25, -0.2) is 0 Å². The standard InChI is InChI=1S/C19H16As/c1-15-6-5-9-19(14-15)20-18-12-10-17(11-13-18)16-7-3-2-4-8-16/h2-14H,1H3. The summed E-state index contributed by atoms with van der Waals surface area (Å²) in [6.45, 7) is 2.16. The molecule has 3 aromatic carbocycles. The molecule has 0 saturated heterocycles. The first-order chi connectivity index (χ1) is 9.81. The Labute approximate surface area is 127 Å². The van der Waals surface area contributed by atoms with E-state index in [-0.39, 0.29) is 15.8 Å². The SMILES string of the molecule is Cc1cccc([As]c2ccc(-c3ccccc3)cc2)c1. The van der Waals surface area contributed by atoms with E-state index in [0.29, 0.717) is 0 Å². The van der Waals surface area contributed by atoms with Gasteiger partial charge < -0.3 is 0 Å². The van der Waals surface area contributed by atoms with Crippen LogP contribution in [0.1, 0.15) is 5.56 Å². The van der Waals surface area contributed by atoms with E-state index in [1.54, 1.807) is 0 Å². The van der Waals surface area contributed by atoms with E-state index in [1.165, 1.54) is 25.4 Å². The van der Waals surface area contributed by atoms with Crippen LogP contribution in [0, 0.1) is 6.92 Å². The molecule has 20 heavy (non-hydrogen) atoms. The van der Waals surface area contributed by atoms with Crippen molar-refractivity contribution in [2.24, 2.45) is 0 Å². The summed E-state index contributed by atoms with van der Waals surface area (Å²) >= 11 is 0.0868. The van der Waals surface area contributed by atoms with Crippen molar-refractivity contribution in [1.82, 2.24) is 0 Å². The zero-order chi connectivity index (χ0) is 13.8. The molecule has 1 heteroatoms. The number of benzene rings is 3. The molecular weight excluding hydrogens is 303 g/mol. The van der Waals surface area contributed by atoms with Gasteiger partial charge in [0.2, 0.25) is 0 Å². The first-order valence-corrected chi connectivity index (χ1v) is 8.63. The fourth-order valence-electron chi connectivity index (χ4n) is 2.21. The molecule has 0 aliphatic rings.